The highest BCUT2D eigenvalue weighted by Gasteiger charge is 2.16. The summed E-state index contributed by atoms with van der Waals surface area (Å²) in [6.07, 6.45) is 1.81. The fourth-order valence-corrected chi connectivity index (χ4v) is 4.04. The van der Waals surface area contributed by atoms with Gasteiger partial charge in [-0.2, -0.15) is 0 Å². The quantitative estimate of drug-likeness (QED) is 0.349. The molecule has 3 nitrogen and oxygen atoms in total. The SMILES string of the molecule is C=CCn1c(SCc2ccc(Cl)cc2Cl)nnc1-c1ccccc1Cl. The lowest BCUT2D eigenvalue weighted by atomic mass is 10.2. The van der Waals surface area contributed by atoms with Crippen molar-refractivity contribution in [1.82, 2.24) is 14.8 Å². The number of thioether (sulfide) groups is 1. The zero-order valence-corrected chi connectivity index (χ0v) is 16.2. The van der Waals surface area contributed by atoms with Crippen LogP contribution in [0.4, 0.5) is 0 Å². The van der Waals surface area contributed by atoms with Gasteiger partial charge in [0.1, 0.15) is 0 Å². The lowest BCUT2D eigenvalue weighted by Gasteiger charge is -2.09. The summed E-state index contributed by atoms with van der Waals surface area (Å²) < 4.78 is 1.99. The van der Waals surface area contributed by atoms with E-state index in [1.807, 2.05) is 47.0 Å². The van der Waals surface area contributed by atoms with Gasteiger partial charge >= 0.3 is 0 Å². The third kappa shape index (κ3) is 4.21. The van der Waals surface area contributed by atoms with Crippen molar-refractivity contribution in [2.45, 2.75) is 17.5 Å². The van der Waals surface area contributed by atoms with Gasteiger partial charge in [0.25, 0.3) is 0 Å². The van der Waals surface area contributed by atoms with E-state index in [0.29, 0.717) is 27.4 Å². The van der Waals surface area contributed by atoms with E-state index in [9.17, 15) is 0 Å². The van der Waals surface area contributed by atoms with Gasteiger partial charge < -0.3 is 0 Å². The minimum atomic E-state index is 0.588. The van der Waals surface area contributed by atoms with E-state index in [-0.39, 0.29) is 0 Å². The Morgan fingerprint density at radius 3 is 2.56 bits per heavy atom. The smallest absolute Gasteiger partial charge is 0.192 e. The number of nitrogens with zero attached hydrogens (tertiary/aromatic N) is 3. The van der Waals surface area contributed by atoms with Crippen LogP contribution in [0.15, 0.2) is 60.3 Å². The molecule has 0 fully saturated rings. The molecule has 2 aromatic carbocycles. The number of hydrogen-bond donors (Lipinski definition) is 0. The molecule has 128 valence electrons. The molecule has 0 N–H and O–H groups in total. The zero-order valence-electron chi connectivity index (χ0n) is 13.1. The van der Waals surface area contributed by atoms with Crippen LogP contribution in [-0.2, 0) is 12.3 Å². The summed E-state index contributed by atoms with van der Waals surface area (Å²) >= 11 is 20.0. The molecule has 3 rings (SSSR count). The molecule has 7 heteroatoms. The van der Waals surface area contributed by atoms with Crippen LogP contribution in [0.1, 0.15) is 5.56 Å². The van der Waals surface area contributed by atoms with Crippen LogP contribution in [0.3, 0.4) is 0 Å². The van der Waals surface area contributed by atoms with Crippen LogP contribution in [0.2, 0.25) is 15.1 Å². The largest absolute Gasteiger partial charge is 0.298 e. The van der Waals surface area contributed by atoms with E-state index in [0.717, 1.165) is 22.1 Å². The first-order valence-electron chi connectivity index (χ1n) is 7.46. The van der Waals surface area contributed by atoms with Crippen molar-refractivity contribution in [3.8, 4) is 11.4 Å². The third-order valence-corrected chi connectivity index (χ3v) is 5.45. The molecule has 0 atom stereocenters. The van der Waals surface area contributed by atoms with Gasteiger partial charge in [-0.05, 0) is 29.8 Å². The Morgan fingerprint density at radius 2 is 1.84 bits per heavy atom. The second kappa shape index (κ2) is 8.28. The zero-order chi connectivity index (χ0) is 17.8. The molecular formula is C18H14Cl3N3S. The summed E-state index contributed by atoms with van der Waals surface area (Å²) in [5, 5.41) is 11.3. The molecule has 0 unspecified atom stereocenters. The Labute approximate surface area is 165 Å². The lowest BCUT2D eigenvalue weighted by Crippen LogP contribution is -2.01. The van der Waals surface area contributed by atoms with E-state index < -0.39 is 0 Å². The molecule has 25 heavy (non-hydrogen) atoms. The first-order valence-corrected chi connectivity index (χ1v) is 9.58. The van der Waals surface area contributed by atoms with Crippen molar-refractivity contribution in [3.05, 3.63) is 75.8 Å². The Balaban J connectivity index is 1.89. The van der Waals surface area contributed by atoms with E-state index in [1.54, 1.807) is 17.8 Å². The second-order valence-corrected chi connectivity index (χ2v) is 7.40. The highest BCUT2D eigenvalue weighted by molar-refractivity contribution is 7.98. The maximum Gasteiger partial charge on any atom is 0.192 e. The minimum absolute atomic E-state index is 0.588. The molecule has 1 aromatic heterocycles. The van der Waals surface area contributed by atoms with Gasteiger partial charge in [-0.3, -0.25) is 4.57 Å². The van der Waals surface area contributed by atoms with Crippen LogP contribution in [0, 0.1) is 0 Å². The number of aromatic nitrogens is 3. The van der Waals surface area contributed by atoms with E-state index >= 15 is 0 Å². The lowest BCUT2D eigenvalue weighted by molar-refractivity contribution is 0.731. The van der Waals surface area contributed by atoms with Gasteiger partial charge in [0, 0.05) is 27.9 Å². The molecule has 0 amide bonds. The van der Waals surface area contributed by atoms with Crippen molar-refractivity contribution in [3.63, 3.8) is 0 Å². The first-order chi connectivity index (χ1) is 12.1. The Morgan fingerprint density at radius 1 is 1.04 bits per heavy atom. The van der Waals surface area contributed by atoms with Crippen molar-refractivity contribution in [2.75, 3.05) is 0 Å². The van der Waals surface area contributed by atoms with E-state index in [2.05, 4.69) is 16.8 Å². The number of benzene rings is 2. The van der Waals surface area contributed by atoms with Crippen molar-refractivity contribution in [1.29, 1.82) is 0 Å². The summed E-state index contributed by atoms with van der Waals surface area (Å²) in [4.78, 5) is 0. The molecule has 3 aromatic rings. The van der Waals surface area contributed by atoms with Crippen LogP contribution in [-0.4, -0.2) is 14.8 Å². The van der Waals surface area contributed by atoms with E-state index in [1.165, 1.54) is 0 Å². The van der Waals surface area contributed by atoms with Crippen LogP contribution < -0.4 is 0 Å². The number of allylic oxidation sites excluding steroid dienone is 1. The van der Waals surface area contributed by atoms with Crippen LogP contribution >= 0.6 is 46.6 Å². The minimum Gasteiger partial charge on any atom is -0.298 e. The van der Waals surface area contributed by atoms with Crippen LogP contribution in [0.25, 0.3) is 11.4 Å². The normalized spacial score (nSPS) is 10.8. The predicted octanol–water partition coefficient (Wildman–Crippen LogP) is 6.38. The summed E-state index contributed by atoms with van der Waals surface area (Å²) in [6.45, 7) is 4.41. The monoisotopic (exact) mass is 409 g/mol. The standard InChI is InChI=1S/C18H14Cl3N3S/c1-2-9-24-17(14-5-3-4-6-15(14)20)22-23-18(24)25-11-12-7-8-13(19)10-16(12)21/h2-8,10H,1,9,11H2. The van der Waals surface area contributed by atoms with Gasteiger partial charge in [-0.1, -0.05) is 70.8 Å². The molecular weight excluding hydrogens is 397 g/mol. The van der Waals surface area contributed by atoms with Gasteiger partial charge in [-0.15, -0.1) is 16.8 Å². The highest BCUT2D eigenvalue weighted by atomic mass is 35.5. The summed E-state index contributed by atoms with van der Waals surface area (Å²) in [5.74, 6) is 1.38. The summed E-state index contributed by atoms with van der Waals surface area (Å²) in [6, 6.07) is 13.1. The topological polar surface area (TPSA) is 30.7 Å². The average Bonchev–Trinajstić information content (AvgIpc) is 2.98. The number of rotatable bonds is 6. The molecule has 0 radical (unpaired) electrons. The molecule has 0 aliphatic carbocycles. The Kier molecular flexibility index (Phi) is 6.07. The van der Waals surface area contributed by atoms with Crippen molar-refractivity contribution < 1.29 is 0 Å². The summed E-state index contributed by atoms with van der Waals surface area (Å²) in [5.41, 5.74) is 1.83. The maximum atomic E-state index is 6.31. The highest BCUT2D eigenvalue weighted by Crippen LogP contribution is 2.32. The Hall–Kier alpha value is -1.46. The number of hydrogen-bond acceptors (Lipinski definition) is 3. The van der Waals surface area contributed by atoms with Gasteiger partial charge in [0.15, 0.2) is 11.0 Å². The third-order valence-electron chi connectivity index (χ3n) is 3.52. The molecule has 1 heterocycles. The second-order valence-electron chi connectivity index (χ2n) is 5.21. The average molecular weight is 411 g/mol. The van der Waals surface area contributed by atoms with Crippen molar-refractivity contribution in [2.24, 2.45) is 0 Å². The maximum absolute atomic E-state index is 6.31. The Bertz CT molecular complexity index is 908. The van der Waals surface area contributed by atoms with Gasteiger partial charge in [-0.25, -0.2) is 0 Å². The first kappa shape index (κ1) is 18.3. The predicted molar refractivity (Wildman–Crippen MR) is 107 cm³/mol. The molecule has 0 aliphatic heterocycles. The number of halogens is 3. The van der Waals surface area contributed by atoms with Gasteiger partial charge in [0.2, 0.25) is 0 Å². The molecule has 0 saturated heterocycles. The molecule has 0 spiro atoms. The summed E-state index contributed by atoms with van der Waals surface area (Å²) in [7, 11) is 0. The molecule has 0 aliphatic rings. The van der Waals surface area contributed by atoms with E-state index in [4.69, 9.17) is 34.8 Å². The van der Waals surface area contributed by atoms with Gasteiger partial charge in [0.05, 0.1) is 5.02 Å². The van der Waals surface area contributed by atoms with Crippen LogP contribution in [0.5, 0.6) is 0 Å². The molecule has 0 bridgehead atoms. The fourth-order valence-electron chi connectivity index (χ4n) is 2.31. The molecule has 0 saturated carbocycles. The fraction of sp³-hybridized carbons (Fsp3) is 0.111. The van der Waals surface area contributed by atoms with Crippen molar-refractivity contribution >= 4 is 46.6 Å².